The van der Waals surface area contributed by atoms with Crippen LogP contribution in [0.15, 0.2) is 48.8 Å². The minimum absolute atomic E-state index is 0.248. The minimum atomic E-state index is 0.248. The number of aryl methyl sites for hydroxylation is 1. The van der Waals surface area contributed by atoms with Crippen LogP contribution in [0.2, 0.25) is 0 Å². The zero-order valence-electron chi connectivity index (χ0n) is 12.5. The largest absolute Gasteiger partial charge is 0.310 e. The molecule has 0 fully saturated rings. The van der Waals surface area contributed by atoms with Gasteiger partial charge in [0.1, 0.15) is 0 Å². The molecule has 3 aromatic rings. The Morgan fingerprint density at radius 3 is 2.81 bits per heavy atom. The molecule has 0 bridgehead atoms. The lowest BCUT2D eigenvalue weighted by Gasteiger charge is -2.16. The first-order chi connectivity index (χ1) is 10.3. The number of fused-ring (bicyclic) bond motifs is 1. The number of rotatable bonds is 5. The van der Waals surface area contributed by atoms with Crippen LogP contribution in [0.3, 0.4) is 0 Å². The van der Waals surface area contributed by atoms with Gasteiger partial charge >= 0.3 is 0 Å². The summed E-state index contributed by atoms with van der Waals surface area (Å²) < 4.78 is 1.84. The Morgan fingerprint density at radius 2 is 2.05 bits per heavy atom. The molecule has 1 aromatic carbocycles. The van der Waals surface area contributed by atoms with Crippen molar-refractivity contribution >= 4 is 10.9 Å². The van der Waals surface area contributed by atoms with Gasteiger partial charge in [-0.2, -0.15) is 5.10 Å². The van der Waals surface area contributed by atoms with Gasteiger partial charge in [-0.15, -0.1) is 0 Å². The maximum Gasteiger partial charge on any atom is 0.0705 e. The lowest BCUT2D eigenvalue weighted by Crippen LogP contribution is -2.23. The van der Waals surface area contributed by atoms with Crippen LogP contribution in [0.5, 0.6) is 0 Å². The van der Waals surface area contributed by atoms with E-state index in [0.717, 1.165) is 24.2 Å². The highest BCUT2D eigenvalue weighted by Crippen LogP contribution is 2.19. The number of hydrogen-bond acceptors (Lipinski definition) is 3. The Balaban J connectivity index is 1.86. The van der Waals surface area contributed by atoms with E-state index in [9.17, 15) is 0 Å². The topological polar surface area (TPSA) is 42.7 Å². The van der Waals surface area contributed by atoms with Crippen LogP contribution in [-0.2, 0) is 13.5 Å². The van der Waals surface area contributed by atoms with Gasteiger partial charge in [0, 0.05) is 42.4 Å². The number of para-hydroxylation sites is 1. The van der Waals surface area contributed by atoms with E-state index in [1.165, 1.54) is 10.9 Å². The maximum atomic E-state index is 4.76. The summed E-state index contributed by atoms with van der Waals surface area (Å²) in [5.41, 5.74) is 3.36. The molecule has 0 saturated carbocycles. The third-order valence-corrected chi connectivity index (χ3v) is 3.65. The molecule has 4 nitrogen and oxygen atoms in total. The van der Waals surface area contributed by atoms with Gasteiger partial charge in [0.2, 0.25) is 0 Å². The number of nitrogens with one attached hydrogen (secondary N) is 1. The van der Waals surface area contributed by atoms with E-state index in [4.69, 9.17) is 4.98 Å². The molecule has 3 rings (SSSR count). The summed E-state index contributed by atoms with van der Waals surface area (Å²) in [7, 11) is 1.95. The fraction of sp³-hybridized carbons (Fsp3) is 0.294. The fourth-order valence-electron chi connectivity index (χ4n) is 2.61. The summed E-state index contributed by atoms with van der Waals surface area (Å²) in [5.74, 6) is 0. The molecule has 0 amide bonds. The van der Waals surface area contributed by atoms with Crippen LogP contribution >= 0.6 is 0 Å². The molecule has 0 aliphatic heterocycles. The molecule has 0 radical (unpaired) electrons. The second-order valence-corrected chi connectivity index (χ2v) is 5.26. The van der Waals surface area contributed by atoms with Crippen molar-refractivity contribution in [3.05, 3.63) is 60.0 Å². The standard InChI is InChI=1S/C17H20N4/c1-3-18-17(14-11-19-21(2)12-14)10-15-9-8-13-6-4-5-7-16(13)20-15/h4-9,11-12,17-18H,3,10H2,1-2H3. The Morgan fingerprint density at radius 1 is 1.19 bits per heavy atom. The zero-order valence-corrected chi connectivity index (χ0v) is 12.5. The molecule has 2 aromatic heterocycles. The molecule has 108 valence electrons. The van der Waals surface area contributed by atoms with Crippen molar-refractivity contribution in [1.82, 2.24) is 20.1 Å². The molecule has 0 spiro atoms. The monoisotopic (exact) mass is 280 g/mol. The number of nitrogens with zero attached hydrogens (tertiary/aromatic N) is 3. The molecule has 0 aliphatic carbocycles. The normalized spacial score (nSPS) is 12.7. The Labute approximate surface area is 124 Å². The molecular formula is C17H20N4. The van der Waals surface area contributed by atoms with Gasteiger partial charge in [-0.25, -0.2) is 0 Å². The number of hydrogen-bond donors (Lipinski definition) is 1. The van der Waals surface area contributed by atoms with Crippen LogP contribution in [0.4, 0.5) is 0 Å². The average Bonchev–Trinajstić information content (AvgIpc) is 2.93. The van der Waals surface area contributed by atoms with Crippen molar-refractivity contribution in [2.24, 2.45) is 7.05 Å². The average molecular weight is 280 g/mol. The highest BCUT2D eigenvalue weighted by Gasteiger charge is 2.14. The lowest BCUT2D eigenvalue weighted by molar-refractivity contribution is 0.544. The summed E-state index contributed by atoms with van der Waals surface area (Å²) in [6.07, 6.45) is 4.85. The summed E-state index contributed by atoms with van der Waals surface area (Å²) in [6.45, 7) is 3.05. The van der Waals surface area contributed by atoms with E-state index in [0.29, 0.717) is 0 Å². The minimum Gasteiger partial charge on any atom is -0.310 e. The predicted octanol–water partition coefficient (Wildman–Crippen LogP) is 2.86. The summed E-state index contributed by atoms with van der Waals surface area (Å²) in [5, 5.41) is 8.97. The Hall–Kier alpha value is -2.20. The van der Waals surface area contributed by atoms with Crippen molar-refractivity contribution in [3.63, 3.8) is 0 Å². The summed E-state index contributed by atoms with van der Waals surface area (Å²) in [6, 6.07) is 12.7. The fourth-order valence-corrected chi connectivity index (χ4v) is 2.61. The van der Waals surface area contributed by atoms with Gasteiger partial charge in [-0.3, -0.25) is 9.67 Å². The van der Waals surface area contributed by atoms with E-state index in [-0.39, 0.29) is 6.04 Å². The first kappa shape index (κ1) is 13.8. The lowest BCUT2D eigenvalue weighted by atomic mass is 10.0. The number of aromatic nitrogens is 3. The van der Waals surface area contributed by atoms with E-state index in [2.05, 4.69) is 47.8 Å². The molecule has 0 aliphatic rings. The predicted molar refractivity (Wildman–Crippen MR) is 85.1 cm³/mol. The molecule has 0 saturated heterocycles. The quantitative estimate of drug-likeness (QED) is 0.781. The SMILES string of the molecule is CCNC(Cc1ccc2ccccc2n1)c1cnn(C)c1. The first-order valence-electron chi connectivity index (χ1n) is 7.33. The Bertz CT molecular complexity index is 732. The molecular weight excluding hydrogens is 260 g/mol. The molecule has 2 heterocycles. The molecule has 1 N–H and O–H groups in total. The van der Waals surface area contributed by atoms with Gasteiger partial charge in [0.05, 0.1) is 11.7 Å². The van der Waals surface area contributed by atoms with Gasteiger partial charge in [0.15, 0.2) is 0 Å². The van der Waals surface area contributed by atoms with Crippen molar-refractivity contribution in [3.8, 4) is 0 Å². The molecule has 1 atom stereocenters. The number of likely N-dealkylation sites (N-methyl/N-ethyl adjacent to an activating group) is 1. The second-order valence-electron chi connectivity index (χ2n) is 5.26. The van der Waals surface area contributed by atoms with Crippen LogP contribution in [0, 0.1) is 0 Å². The third-order valence-electron chi connectivity index (χ3n) is 3.65. The van der Waals surface area contributed by atoms with Gasteiger partial charge < -0.3 is 5.32 Å². The van der Waals surface area contributed by atoms with Crippen molar-refractivity contribution < 1.29 is 0 Å². The van der Waals surface area contributed by atoms with E-state index in [1.807, 2.05) is 30.1 Å². The zero-order chi connectivity index (χ0) is 14.7. The van der Waals surface area contributed by atoms with Crippen LogP contribution in [0.1, 0.15) is 24.2 Å². The Kier molecular flexibility index (Phi) is 3.97. The van der Waals surface area contributed by atoms with Crippen LogP contribution < -0.4 is 5.32 Å². The third kappa shape index (κ3) is 3.11. The summed E-state index contributed by atoms with van der Waals surface area (Å²) in [4.78, 5) is 4.76. The van der Waals surface area contributed by atoms with Crippen molar-refractivity contribution in [2.45, 2.75) is 19.4 Å². The number of benzene rings is 1. The van der Waals surface area contributed by atoms with Crippen molar-refractivity contribution in [2.75, 3.05) is 6.54 Å². The van der Waals surface area contributed by atoms with Gasteiger partial charge in [-0.1, -0.05) is 31.2 Å². The van der Waals surface area contributed by atoms with Crippen LogP contribution in [0.25, 0.3) is 10.9 Å². The molecule has 1 unspecified atom stereocenters. The van der Waals surface area contributed by atoms with E-state index >= 15 is 0 Å². The highest BCUT2D eigenvalue weighted by molar-refractivity contribution is 5.78. The first-order valence-corrected chi connectivity index (χ1v) is 7.33. The van der Waals surface area contributed by atoms with Crippen molar-refractivity contribution in [1.29, 1.82) is 0 Å². The van der Waals surface area contributed by atoms with Gasteiger partial charge in [-0.05, 0) is 18.7 Å². The highest BCUT2D eigenvalue weighted by atomic mass is 15.2. The van der Waals surface area contributed by atoms with Gasteiger partial charge in [0.25, 0.3) is 0 Å². The molecule has 21 heavy (non-hydrogen) atoms. The van der Waals surface area contributed by atoms with E-state index in [1.54, 1.807) is 0 Å². The van der Waals surface area contributed by atoms with Crippen LogP contribution in [-0.4, -0.2) is 21.3 Å². The van der Waals surface area contributed by atoms with E-state index < -0.39 is 0 Å². The number of pyridine rings is 1. The second kappa shape index (κ2) is 6.06. The molecule has 4 heteroatoms. The smallest absolute Gasteiger partial charge is 0.0705 e. The summed E-state index contributed by atoms with van der Waals surface area (Å²) >= 11 is 0. The maximum absolute atomic E-state index is 4.76.